The summed E-state index contributed by atoms with van der Waals surface area (Å²) in [5.41, 5.74) is 11.6. The van der Waals surface area contributed by atoms with E-state index in [1.54, 1.807) is 13.8 Å². The Kier molecular flexibility index (Phi) is 7.59. The SMILES string of the molecule is CC(=O)O[C@@H]1[C@@H](OC(C)=O)[C@@H](N2C(=O)NC(N)=C3C(C(N)=O)=C(Br)NC32)O[C@H]1COC(=O)C(C)C. The highest BCUT2D eigenvalue weighted by molar-refractivity contribution is 9.11. The molecule has 0 aromatic carbocycles. The highest BCUT2D eigenvalue weighted by Gasteiger charge is 2.57. The van der Waals surface area contributed by atoms with Gasteiger partial charge in [0.15, 0.2) is 18.4 Å². The smallest absolute Gasteiger partial charge is 0.327 e. The lowest BCUT2D eigenvalue weighted by molar-refractivity contribution is -0.167. The molecule has 3 aliphatic heterocycles. The summed E-state index contributed by atoms with van der Waals surface area (Å²) >= 11 is 3.20. The first-order valence-corrected chi connectivity index (χ1v) is 11.3. The van der Waals surface area contributed by atoms with Crippen LogP contribution in [-0.2, 0) is 38.1 Å². The van der Waals surface area contributed by atoms with Crippen LogP contribution in [0, 0.1) is 5.92 Å². The van der Waals surface area contributed by atoms with Crippen LogP contribution in [0.15, 0.2) is 21.6 Å². The van der Waals surface area contributed by atoms with Gasteiger partial charge in [0.1, 0.15) is 24.7 Å². The van der Waals surface area contributed by atoms with Crippen LogP contribution in [0.3, 0.4) is 0 Å². The molecule has 1 unspecified atom stereocenters. The van der Waals surface area contributed by atoms with Crippen LogP contribution < -0.4 is 22.1 Å². The van der Waals surface area contributed by atoms with Gasteiger partial charge in [-0.3, -0.25) is 29.4 Å². The summed E-state index contributed by atoms with van der Waals surface area (Å²) in [6.07, 6.45) is -6.04. The minimum absolute atomic E-state index is 0.00140. The average Bonchev–Trinajstić information content (AvgIpc) is 3.23. The number of rotatable bonds is 7. The van der Waals surface area contributed by atoms with E-state index in [1.807, 2.05) is 0 Å². The van der Waals surface area contributed by atoms with Crippen molar-refractivity contribution >= 4 is 45.8 Å². The second-order valence-corrected chi connectivity index (χ2v) is 9.06. The lowest BCUT2D eigenvalue weighted by atomic mass is 10.0. The monoisotopic (exact) mass is 559 g/mol. The highest BCUT2D eigenvalue weighted by atomic mass is 79.9. The molecule has 3 heterocycles. The number of fused-ring (bicyclic) bond motifs is 1. The largest absolute Gasteiger partial charge is 0.463 e. The Morgan fingerprint density at radius 1 is 1.14 bits per heavy atom. The quantitative estimate of drug-likeness (QED) is 0.169. The number of carbonyl (C=O) groups excluding carboxylic acids is 5. The van der Waals surface area contributed by atoms with E-state index in [1.165, 1.54) is 0 Å². The number of nitrogens with one attached hydrogen (secondary N) is 2. The number of carbonyl (C=O) groups is 5. The summed E-state index contributed by atoms with van der Waals surface area (Å²) in [6.45, 7) is 5.19. The summed E-state index contributed by atoms with van der Waals surface area (Å²) < 4.78 is 22.2. The maximum Gasteiger partial charge on any atom is 0.327 e. The molecule has 1 saturated heterocycles. The molecule has 0 aliphatic carbocycles. The molecule has 3 amide bonds. The topological polar surface area (TPSA) is 202 Å². The van der Waals surface area contributed by atoms with Gasteiger partial charge < -0.3 is 35.7 Å². The number of esters is 3. The van der Waals surface area contributed by atoms with Gasteiger partial charge >= 0.3 is 23.9 Å². The van der Waals surface area contributed by atoms with Crippen molar-refractivity contribution in [1.29, 1.82) is 0 Å². The second kappa shape index (κ2) is 10.1. The third-order valence-electron chi connectivity index (χ3n) is 5.34. The molecule has 15 heteroatoms. The van der Waals surface area contributed by atoms with Crippen molar-refractivity contribution in [2.45, 2.75) is 58.4 Å². The molecule has 14 nitrogen and oxygen atoms in total. The van der Waals surface area contributed by atoms with Crippen LogP contribution in [0.2, 0.25) is 0 Å². The van der Waals surface area contributed by atoms with Gasteiger partial charge in [-0.25, -0.2) is 4.79 Å². The van der Waals surface area contributed by atoms with E-state index in [0.29, 0.717) is 0 Å². The average molecular weight is 560 g/mol. The lowest BCUT2D eigenvalue weighted by Gasteiger charge is -2.40. The van der Waals surface area contributed by atoms with E-state index in [9.17, 15) is 24.0 Å². The zero-order valence-corrected chi connectivity index (χ0v) is 20.9. The number of halogens is 1. The molecular formula is C20H26BrN5O9. The van der Waals surface area contributed by atoms with Gasteiger partial charge in [-0.15, -0.1) is 0 Å². The number of nitrogens with two attached hydrogens (primary N) is 2. The van der Waals surface area contributed by atoms with Crippen LogP contribution in [0.25, 0.3) is 0 Å². The van der Waals surface area contributed by atoms with Gasteiger partial charge in [0.25, 0.3) is 5.91 Å². The summed E-state index contributed by atoms with van der Waals surface area (Å²) in [5, 5.41) is 5.31. The Labute approximate surface area is 208 Å². The number of hydrogen-bond acceptors (Lipinski definition) is 11. The number of ether oxygens (including phenoxy) is 4. The van der Waals surface area contributed by atoms with Crippen molar-refractivity contribution in [3.8, 4) is 0 Å². The van der Waals surface area contributed by atoms with Crippen LogP contribution in [-0.4, -0.2) is 72.1 Å². The first kappa shape index (κ1) is 26.3. The van der Waals surface area contributed by atoms with E-state index in [-0.39, 0.29) is 28.2 Å². The Balaban J connectivity index is 2.00. The lowest BCUT2D eigenvalue weighted by Crippen LogP contribution is -2.63. The molecule has 1 fully saturated rings. The minimum atomic E-state index is -1.35. The van der Waals surface area contributed by atoms with Crippen molar-refractivity contribution < 1.29 is 42.9 Å². The molecule has 192 valence electrons. The van der Waals surface area contributed by atoms with Gasteiger partial charge in [0.2, 0.25) is 0 Å². The fraction of sp³-hybridized carbons (Fsp3) is 0.550. The predicted molar refractivity (Wildman–Crippen MR) is 119 cm³/mol. The van der Waals surface area contributed by atoms with Gasteiger partial charge in [-0.05, 0) is 15.9 Å². The molecule has 3 rings (SSSR count). The molecule has 0 aromatic rings. The third-order valence-corrected chi connectivity index (χ3v) is 5.97. The predicted octanol–water partition coefficient (Wildman–Crippen LogP) is -1.01. The molecule has 35 heavy (non-hydrogen) atoms. The van der Waals surface area contributed by atoms with Gasteiger partial charge in [0, 0.05) is 13.8 Å². The van der Waals surface area contributed by atoms with Crippen molar-refractivity contribution in [2.75, 3.05) is 6.61 Å². The molecule has 0 radical (unpaired) electrons. The number of amides is 3. The van der Waals surface area contributed by atoms with Crippen molar-refractivity contribution in [1.82, 2.24) is 15.5 Å². The van der Waals surface area contributed by atoms with E-state index < -0.39 is 66.5 Å². The van der Waals surface area contributed by atoms with Gasteiger partial charge in [-0.1, -0.05) is 13.8 Å². The van der Waals surface area contributed by atoms with E-state index >= 15 is 0 Å². The zero-order chi connectivity index (χ0) is 26.2. The maximum absolute atomic E-state index is 13.0. The van der Waals surface area contributed by atoms with Crippen LogP contribution in [0.5, 0.6) is 0 Å². The number of urea groups is 1. The van der Waals surface area contributed by atoms with Gasteiger partial charge in [0.05, 0.1) is 21.7 Å². The van der Waals surface area contributed by atoms with Crippen molar-refractivity contribution in [3.63, 3.8) is 0 Å². The number of nitrogens with zero attached hydrogens (tertiary/aromatic N) is 1. The summed E-state index contributed by atoms with van der Waals surface area (Å²) in [5.74, 6) is -3.37. The fourth-order valence-electron chi connectivity index (χ4n) is 3.93. The van der Waals surface area contributed by atoms with E-state index in [4.69, 9.17) is 30.4 Å². The molecule has 3 aliphatic rings. The van der Waals surface area contributed by atoms with Crippen LogP contribution in [0.1, 0.15) is 27.7 Å². The summed E-state index contributed by atoms with van der Waals surface area (Å²) in [7, 11) is 0. The summed E-state index contributed by atoms with van der Waals surface area (Å²) in [4.78, 5) is 61.9. The minimum Gasteiger partial charge on any atom is -0.463 e. The Hall–Kier alpha value is -3.33. The number of hydrogen-bond donors (Lipinski definition) is 4. The van der Waals surface area contributed by atoms with Crippen LogP contribution >= 0.6 is 15.9 Å². The van der Waals surface area contributed by atoms with E-state index in [2.05, 4.69) is 26.6 Å². The molecule has 0 bridgehead atoms. The Bertz CT molecular complexity index is 1030. The third kappa shape index (κ3) is 5.19. The van der Waals surface area contributed by atoms with Crippen LogP contribution in [0.4, 0.5) is 4.79 Å². The maximum atomic E-state index is 13.0. The molecule has 0 saturated carbocycles. The molecule has 6 N–H and O–H groups in total. The first-order valence-electron chi connectivity index (χ1n) is 10.5. The van der Waals surface area contributed by atoms with Crippen molar-refractivity contribution in [2.24, 2.45) is 17.4 Å². The first-order chi connectivity index (χ1) is 16.3. The van der Waals surface area contributed by atoms with Gasteiger partial charge in [-0.2, -0.15) is 0 Å². The summed E-state index contributed by atoms with van der Waals surface area (Å²) in [6, 6.07) is -0.765. The van der Waals surface area contributed by atoms with Crippen molar-refractivity contribution in [3.05, 3.63) is 21.6 Å². The molecular weight excluding hydrogens is 534 g/mol. The standard InChI is InChI=1S/C20H26BrN5O9/c1-6(2)19(30)32-5-9-12(33-7(3)27)13(34-8(4)28)18(35-9)26-17-11(15(22)25-20(26)31)10(16(23)29)14(21)24-17/h6,9,12-13,17-18,24H,5,22H2,1-4H3,(H2,23,29)(H,25,31)/t9-,12-,13+,17?,18-/m0/s1. The molecule has 0 spiro atoms. The fourth-order valence-corrected chi connectivity index (χ4v) is 4.55. The Morgan fingerprint density at radius 2 is 1.74 bits per heavy atom. The Morgan fingerprint density at radius 3 is 2.29 bits per heavy atom. The highest BCUT2D eigenvalue weighted by Crippen LogP contribution is 2.38. The zero-order valence-electron chi connectivity index (χ0n) is 19.3. The molecule has 5 atom stereocenters. The molecule has 0 aromatic heterocycles. The number of primary amides is 1. The van der Waals surface area contributed by atoms with E-state index in [0.717, 1.165) is 18.7 Å². The second-order valence-electron chi connectivity index (χ2n) is 8.26. The normalized spacial score (nSPS) is 27.9.